The van der Waals surface area contributed by atoms with Crippen molar-refractivity contribution in [3.8, 4) is 34.0 Å². The molecule has 2 N–H and O–H groups in total. The molecule has 160 valence electrons. The summed E-state index contributed by atoms with van der Waals surface area (Å²) in [5.41, 5.74) is 2.19. The van der Waals surface area contributed by atoms with Gasteiger partial charge >= 0.3 is 0 Å². The molecule has 0 aliphatic carbocycles. The molecule has 1 aromatic carbocycles. The largest absolute Gasteiger partial charge is 0.507 e. The van der Waals surface area contributed by atoms with E-state index in [0.717, 1.165) is 12.8 Å². The molecular formula is C23H23FN4O3. The fourth-order valence-electron chi connectivity index (χ4n) is 4.70. The third kappa shape index (κ3) is 3.67. The molecule has 2 aliphatic rings. The van der Waals surface area contributed by atoms with Crippen molar-refractivity contribution in [2.45, 2.75) is 43.6 Å². The van der Waals surface area contributed by atoms with Crippen molar-refractivity contribution in [3.05, 3.63) is 59.0 Å². The van der Waals surface area contributed by atoms with Gasteiger partial charge in [0.15, 0.2) is 6.17 Å². The second-order valence-corrected chi connectivity index (χ2v) is 8.23. The molecule has 2 saturated heterocycles. The highest BCUT2D eigenvalue weighted by Gasteiger charge is 2.47. The predicted molar refractivity (Wildman–Crippen MR) is 114 cm³/mol. The molecule has 0 radical (unpaired) electrons. The maximum atomic E-state index is 14.8. The Balaban J connectivity index is 1.33. The number of nitrogens with one attached hydrogen (secondary N) is 1. The standard InChI is InChI=1S/C23H23FN4O3/c1-28-15-3-6-18(28)23(24)20(12-15)31-22-7-5-17(26-27-22)16-4-2-13(10-19(16)29)14-8-9-25-21(30)11-14/h2,4-5,7-11,15,18,20,23,29H,3,6,12H2,1H3,(H,25,30)/t15-,18+,20-,23-/m0/s1. The molecular weight excluding hydrogens is 399 g/mol. The van der Waals surface area contributed by atoms with Gasteiger partial charge in [-0.1, -0.05) is 6.07 Å². The maximum absolute atomic E-state index is 14.8. The molecule has 4 atom stereocenters. The first kappa shape index (κ1) is 19.7. The van der Waals surface area contributed by atoms with Gasteiger partial charge in [-0.2, -0.15) is 0 Å². The number of halogens is 1. The van der Waals surface area contributed by atoms with Crippen LogP contribution in [0, 0.1) is 0 Å². The first-order valence-electron chi connectivity index (χ1n) is 10.4. The van der Waals surface area contributed by atoms with Crippen molar-refractivity contribution in [2.24, 2.45) is 0 Å². The second-order valence-electron chi connectivity index (χ2n) is 8.23. The molecule has 4 heterocycles. The molecule has 0 spiro atoms. The van der Waals surface area contributed by atoms with E-state index in [9.17, 15) is 14.3 Å². The Labute approximate surface area is 178 Å². The van der Waals surface area contributed by atoms with Gasteiger partial charge in [-0.15, -0.1) is 10.2 Å². The van der Waals surface area contributed by atoms with Crippen molar-refractivity contribution >= 4 is 0 Å². The van der Waals surface area contributed by atoms with Gasteiger partial charge in [0.05, 0.1) is 5.69 Å². The van der Waals surface area contributed by atoms with Gasteiger partial charge in [-0.05, 0) is 55.3 Å². The summed E-state index contributed by atoms with van der Waals surface area (Å²) in [6, 6.07) is 11.9. The number of benzene rings is 1. The van der Waals surface area contributed by atoms with Crippen LogP contribution in [-0.4, -0.2) is 56.6 Å². The number of piperidine rings is 1. The third-order valence-electron chi connectivity index (χ3n) is 6.42. The zero-order valence-corrected chi connectivity index (χ0v) is 17.0. The van der Waals surface area contributed by atoms with Crippen molar-refractivity contribution < 1.29 is 14.2 Å². The Hall–Kier alpha value is -3.26. The number of aromatic hydroxyl groups is 1. The lowest BCUT2D eigenvalue weighted by atomic mass is 9.98. The van der Waals surface area contributed by atoms with Crippen molar-refractivity contribution in [3.63, 3.8) is 0 Å². The minimum absolute atomic E-state index is 0.0245. The summed E-state index contributed by atoms with van der Waals surface area (Å²) < 4.78 is 20.6. The molecule has 0 unspecified atom stereocenters. The first-order valence-corrected chi connectivity index (χ1v) is 10.4. The Morgan fingerprint density at radius 2 is 1.97 bits per heavy atom. The third-order valence-corrected chi connectivity index (χ3v) is 6.42. The number of H-pyrrole nitrogens is 1. The minimum atomic E-state index is -1.05. The lowest BCUT2D eigenvalue weighted by molar-refractivity contribution is -0.0134. The molecule has 8 heteroatoms. The summed E-state index contributed by atoms with van der Waals surface area (Å²) >= 11 is 0. The van der Waals surface area contributed by atoms with E-state index in [4.69, 9.17) is 4.74 Å². The van der Waals surface area contributed by atoms with Crippen molar-refractivity contribution in [1.29, 1.82) is 0 Å². The smallest absolute Gasteiger partial charge is 0.248 e. The zero-order chi connectivity index (χ0) is 21.5. The fraction of sp³-hybridized carbons (Fsp3) is 0.348. The fourth-order valence-corrected chi connectivity index (χ4v) is 4.70. The van der Waals surface area contributed by atoms with Gasteiger partial charge in [0.25, 0.3) is 0 Å². The highest BCUT2D eigenvalue weighted by molar-refractivity contribution is 5.74. The number of phenols is 1. The molecule has 5 rings (SSSR count). The molecule has 31 heavy (non-hydrogen) atoms. The van der Waals surface area contributed by atoms with Gasteiger partial charge in [-0.25, -0.2) is 4.39 Å². The van der Waals surface area contributed by atoms with Crippen LogP contribution in [0.2, 0.25) is 0 Å². The van der Waals surface area contributed by atoms with E-state index < -0.39 is 12.3 Å². The molecule has 2 fully saturated rings. The monoisotopic (exact) mass is 422 g/mol. The molecule has 0 amide bonds. The summed E-state index contributed by atoms with van der Waals surface area (Å²) in [6.45, 7) is 0. The predicted octanol–water partition coefficient (Wildman–Crippen LogP) is 3.16. The Morgan fingerprint density at radius 3 is 2.71 bits per heavy atom. The summed E-state index contributed by atoms with van der Waals surface area (Å²) in [4.78, 5) is 16.2. The summed E-state index contributed by atoms with van der Waals surface area (Å²) in [5.74, 6) is 0.302. The molecule has 7 nitrogen and oxygen atoms in total. The average molecular weight is 422 g/mol. The number of alkyl halides is 1. The normalized spacial score (nSPS) is 25.5. The van der Waals surface area contributed by atoms with Crippen LogP contribution in [0.1, 0.15) is 19.3 Å². The summed E-state index contributed by atoms with van der Waals surface area (Å²) in [7, 11) is 1.98. The Bertz CT molecular complexity index is 1150. The van der Waals surface area contributed by atoms with Crippen LogP contribution in [0.25, 0.3) is 22.4 Å². The topological polar surface area (TPSA) is 91.3 Å². The number of hydrogen-bond donors (Lipinski definition) is 2. The van der Waals surface area contributed by atoms with Gasteiger partial charge in [0, 0.05) is 42.4 Å². The van der Waals surface area contributed by atoms with E-state index in [1.807, 2.05) is 7.05 Å². The summed E-state index contributed by atoms with van der Waals surface area (Å²) in [6.07, 6.45) is 2.49. The summed E-state index contributed by atoms with van der Waals surface area (Å²) in [5, 5.41) is 18.8. The van der Waals surface area contributed by atoms with Crippen LogP contribution in [0.3, 0.4) is 0 Å². The molecule has 2 aliphatic heterocycles. The van der Waals surface area contributed by atoms with Gasteiger partial charge in [0.2, 0.25) is 11.4 Å². The number of aromatic nitrogens is 3. The van der Waals surface area contributed by atoms with Crippen LogP contribution in [0.5, 0.6) is 11.6 Å². The Morgan fingerprint density at radius 1 is 1.13 bits per heavy atom. The van der Waals surface area contributed by atoms with E-state index in [1.54, 1.807) is 42.6 Å². The van der Waals surface area contributed by atoms with Crippen LogP contribution < -0.4 is 10.3 Å². The highest BCUT2D eigenvalue weighted by atomic mass is 19.1. The average Bonchev–Trinajstić information content (AvgIpc) is 3.04. The molecule has 2 aromatic heterocycles. The molecule has 2 bridgehead atoms. The second kappa shape index (κ2) is 7.77. The quantitative estimate of drug-likeness (QED) is 0.671. The molecule has 0 saturated carbocycles. The van der Waals surface area contributed by atoms with Crippen LogP contribution in [-0.2, 0) is 0 Å². The van der Waals surface area contributed by atoms with E-state index in [1.165, 1.54) is 6.07 Å². The van der Waals surface area contributed by atoms with Crippen LogP contribution >= 0.6 is 0 Å². The first-order chi connectivity index (χ1) is 15.0. The van der Waals surface area contributed by atoms with Gasteiger partial charge in [0.1, 0.15) is 11.9 Å². The number of aromatic amines is 1. The van der Waals surface area contributed by atoms with E-state index in [-0.39, 0.29) is 23.2 Å². The number of ether oxygens (including phenoxy) is 1. The van der Waals surface area contributed by atoms with Crippen LogP contribution in [0.4, 0.5) is 4.39 Å². The van der Waals surface area contributed by atoms with E-state index >= 15 is 0 Å². The number of pyridine rings is 1. The SMILES string of the molecule is CN1[C@H]2CC[C@@H]1[C@H](F)[C@@H](Oc1ccc(-c3ccc(-c4cc[nH]c(=O)c4)cc3O)nn1)C2. The number of hydrogen-bond acceptors (Lipinski definition) is 6. The number of phenolic OH excluding ortho intramolecular Hbond substituents is 1. The molecule has 3 aromatic rings. The maximum Gasteiger partial charge on any atom is 0.248 e. The van der Waals surface area contributed by atoms with Gasteiger partial charge < -0.3 is 14.8 Å². The van der Waals surface area contributed by atoms with Crippen LogP contribution in [0.15, 0.2) is 53.5 Å². The van der Waals surface area contributed by atoms with Gasteiger partial charge in [-0.3, -0.25) is 9.69 Å². The lowest BCUT2D eigenvalue weighted by Crippen LogP contribution is -2.52. The Kier molecular flexibility index (Phi) is 4.94. The van der Waals surface area contributed by atoms with Crippen molar-refractivity contribution in [2.75, 3.05) is 7.05 Å². The van der Waals surface area contributed by atoms with Crippen molar-refractivity contribution in [1.82, 2.24) is 20.1 Å². The zero-order valence-electron chi connectivity index (χ0n) is 17.0. The number of fused-ring (bicyclic) bond motifs is 2. The van der Waals surface area contributed by atoms with E-state index in [0.29, 0.717) is 34.8 Å². The number of nitrogens with zero attached hydrogens (tertiary/aromatic N) is 3. The number of rotatable bonds is 4. The van der Waals surface area contributed by atoms with E-state index in [2.05, 4.69) is 20.1 Å². The lowest BCUT2D eigenvalue weighted by Gasteiger charge is -2.38. The highest BCUT2D eigenvalue weighted by Crippen LogP contribution is 2.38. The minimum Gasteiger partial charge on any atom is -0.507 e.